The molecule has 1 heterocycles. The number of benzene rings is 2. The van der Waals surface area contributed by atoms with E-state index in [0.29, 0.717) is 5.56 Å². The van der Waals surface area contributed by atoms with Gasteiger partial charge in [0.2, 0.25) is 0 Å². The van der Waals surface area contributed by atoms with Gasteiger partial charge in [-0.25, -0.2) is 0 Å². The highest BCUT2D eigenvalue weighted by molar-refractivity contribution is 6.36. The van der Waals surface area contributed by atoms with Gasteiger partial charge in [0.15, 0.2) is 0 Å². The Hall–Kier alpha value is -3.48. The number of non-ortho nitro benzene ring substituents is 1. The minimum Gasteiger partial charge on any atom is -0.350 e. The van der Waals surface area contributed by atoms with Crippen LogP contribution in [0.5, 0.6) is 0 Å². The number of nitrogens with zero attached hydrogens (tertiary/aromatic N) is 2. The lowest BCUT2D eigenvalue weighted by Crippen LogP contribution is -2.28. The maximum Gasteiger partial charge on any atom is 0.277 e. The molecule has 2 amide bonds. The van der Waals surface area contributed by atoms with Gasteiger partial charge in [0, 0.05) is 24.9 Å². The summed E-state index contributed by atoms with van der Waals surface area (Å²) in [7, 11) is 1.41. The lowest BCUT2D eigenvalue weighted by Gasteiger charge is -2.13. The van der Waals surface area contributed by atoms with Crippen LogP contribution < -0.4 is 5.32 Å². The minimum absolute atomic E-state index is 0.0801. The second kappa shape index (κ2) is 6.44. The molecular weight excluding hydrogens is 334 g/mol. The van der Waals surface area contributed by atoms with E-state index in [1.165, 1.54) is 31.3 Å². The normalized spacial score (nSPS) is 14.2. The molecule has 0 radical (unpaired) electrons. The van der Waals surface area contributed by atoms with E-state index < -0.39 is 16.7 Å². The summed E-state index contributed by atoms with van der Waals surface area (Å²) in [4.78, 5) is 36.5. The molecule has 0 spiro atoms. The summed E-state index contributed by atoms with van der Waals surface area (Å²) in [6.07, 6.45) is 0. The minimum atomic E-state index is -0.513. The molecule has 1 aliphatic heterocycles. The molecule has 0 bridgehead atoms. The molecule has 2 aromatic rings. The fraction of sp³-hybridized carbons (Fsp3) is 0.158. The fourth-order valence-corrected chi connectivity index (χ4v) is 2.80. The molecular formula is C19H17N3O4. The van der Waals surface area contributed by atoms with Gasteiger partial charge in [-0.1, -0.05) is 12.1 Å². The Morgan fingerprint density at radius 3 is 2.27 bits per heavy atom. The summed E-state index contributed by atoms with van der Waals surface area (Å²) in [6.45, 7) is 3.88. The number of nitro groups is 1. The zero-order valence-electron chi connectivity index (χ0n) is 14.6. The zero-order chi connectivity index (χ0) is 19.0. The van der Waals surface area contributed by atoms with E-state index in [1.54, 1.807) is 0 Å². The molecule has 0 saturated heterocycles. The summed E-state index contributed by atoms with van der Waals surface area (Å²) in [6, 6.07) is 11.2. The van der Waals surface area contributed by atoms with Gasteiger partial charge in [-0.2, -0.15) is 0 Å². The Kier molecular flexibility index (Phi) is 4.29. The average molecular weight is 351 g/mol. The van der Waals surface area contributed by atoms with Crippen LogP contribution in [0.4, 0.5) is 11.4 Å². The molecule has 7 nitrogen and oxygen atoms in total. The van der Waals surface area contributed by atoms with E-state index in [-0.39, 0.29) is 17.0 Å². The average Bonchev–Trinajstić information content (AvgIpc) is 2.83. The zero-order valence-corrected chi connectivity index (χ0v) is 14.6. The number of likely N-dealkylation sites (N-methyl/N-ethyl adjacent to an activating group) is 1. The van der Waals surface area contributed by atoms with E-state index in [4.69, 9.17) is 0 Å². The van der Waals surface area contributed by atoms with E-state index in [1.807, 2.05) is 32.0 Å². The number of nitrogens with one attached hydrogen (secondary N) is 1. The number of carbonyl (C=O) groups excluding carboxylic acids is 2. The Morgan fingerprint density at radius 2 is 1.65 bits per heavy atom. The Morgan fingerprint density at radius 1 is 1.00 bits per heavy atom. The van der Waals surface area contributed by atoms with Gasteiger partial charge in [-0.05, 0) is 48.7 Å². The smallest absolute Gasteiger partial charge is 0.277 e. The second-order valence-electron chi connectivity index (χ2n) is 6.10. The van der Waals surface area contributed by atoms with Crippen molar-refractivity contribution in [3.8, 4) is 0 Å². The largest absolute Gasteiger partial charge is 0.350 e. The van der Waals surface area contributed by atoms with Gasteiger partial charge in [-0.3, -0.25) is 24.6 Å². The summed E-state index contributed by atoms with van der Waals surface area (Å²) >= 11 is 0. The number of amides is 2. The van der Waals surface area contributed by atoms with Crippen molar-refractivity contribution in [3.63, 3.8) is 0 Å². The SMILES string of the molecule is Cc1cccc(NC2=C(c3ccc([N+](=O)[O-])cc3)C(=O)N(C)C2=O)c1C. The Labute approximate surface area is 150 Å². The van der Waals surface area contributed by atoms with Crippen LogP contribution in [0.3, 0.4) is 0 Å². The molecule has 0 fully saturated rings. The number of carbonyl (C=O) groups is 2. The van der Waals surface area contributed by atoms with Crippen molar-refractivity contribution in [1.82, 2.24) is 4.90 Å². The molecule has 132 valence electrons. The summed E-state index contributed by atoms with van der Waals surface area (Å²) < 4.78 is 0. The third-order valence-corrected chi connectivity index (χ3v) is 4.52. The molecule has 3 rings (SSSR count). The van der Waals surface area contributed by atoms with Gasteiger partial charge in [-0.15, -0.1) is 0 Å². The number of nitro benzene ring substituents is 1. The number of anilines is 1. The van der Waals surface area contributed by atoms with Crippen LogP contribution in [-0.4, -0.2) is 28.7 Å². The highest BCUT2D eigenvalue weighted by Gasteiger charge is 2.37. The first-order valence-electron chi connectivity index (χ1n) is 7.96. The maximum absolute atomic E-state index is 12.6. The molecule has 0 unspecified atom stereocenters. The van der Waals surface area contributed by atoms with E-state index in [2.05, 4.69) is 5.32 Å². The first kappa shape index (κ1) is 17.3. The number of aryl methyl sites for hydroxylation is 1. The van der Waals surface area contributed by atoms with Gasteiger partial charge in [0.05, 0.1) is 10.5 Å². The van der Waals surface area contributed by atoms with Crippen molar-refractivity contribution in [2.75, 3.05) is 12.4 Å². The van der Waals surface area contributed by atoms with Crippen molar-refractivity contribution in [3.05, 3.63) is 75.0 Å². The predicted octanol–water partition coefficient (Wildman–Crippen LogP) is 3.03. The molecule has 1 aliphatic rings. The number of imide groups is 1. The van der Waals surface area contributed by atoms with Crippen LogP contribution in [0, 0.1) is 24.0 Å². The highest BCUT2D eigenvalue weighted by atomic mass is 16.6. The van der Waals surface area contributed by atoms with Crippen molar-refractivity contribution in [2.45, 2.75) is 13.8 Å². The first-order chi connectivity index (χ1) is 12.3. The maximum atomic E-state index is 12.6. The standard InChI is InChI=1S/C19H17N3O4/c1-11-5-4-6-15(12(11)2)20-17-16(18(23)21(3)19(17)24)13-7-9-14(10-8-13)22(25)26/h4-10,20H,1-3H3. The quantitative estimate of drug-likeness (QED) is 0.519. The molecule has 26 heavy (non-hydrogen) atoms. The highest BCUT2D eigenvalue weighted by Crippen LogP contribution is 2.31. The summed E-state index contributed by atoms with van der Waals surface area (Å²) in [5, 5.41) is 13.9. The van der Waals surface area contributed by atoms with Crippen LogP contribution in [0.15, 0.2) is 48.2 Å². The number of hydrogen-bond acceptors (Lipinski definition) is 5. The number of hydrogen-bond donors (Lipinski definition) is 1. The van der Waals surface area contributed by atoms with Crippen LogP contribution in [0.1, 0.15) is 16.7 Å². The van der Waals surface area contributed by atoms with Crippen molar-refractivity contribution < 1.29 is 14.5 Å². The van der Waals surface area contributed by atoms with Crippen LogP contribution >= 0.6 is 0 Å². The van der Waals surface area contributed by atoms with Crippen LogP contribution in [0.2, 0.25) is 0 Å². The number of rotatable bonds is 4. The molecule has 0 aromatic heterocycles. The molecule has 0 atom stereocenters. The molecule has 0 saturated carbocycles. The second-order valence-corrected chi connectivity index (χ2v) is 6.10. The van der Waals surface area contributed by atoms with E-state index in [0.717, 1.165) is 21.7 Å². The molecule has 7 heteroatoms. The molecule has 0 aliphatic carbocycles. The third kappa shape index (κ3) is 2.83. The van der Waals surface area contributed by atoms with Crippen molar-refractivity contribution in [1.29, 1.82) is 0 Å². The lowest BCUT2D eigenvalue weighted by atomic mass is 10.0. The Balaban J connectivity index is 2.10. The first-order valence-corrected chi connectivity index (χ1v) is 7.96. The molecule has 2 aromatic carbocycles. The summed E-state index contributed by atoms with van der Waals surface area (Å²) in [5.41, 5.74) is 3.49. The van der Waals surface area contributed by atoms with Crippen molar-refractivity contribution in [2.24, 2.45) is 0 Å². The lowest BCUT2D eigenvalue weighted by molar-refractivity contribution is -0.384. The molecule has 1 N–H and O–H groups in total. The van der Waals surface area contributed by atoms with Gasteiger partial charge >= 0.3 is 0 Å². The summed E-state index contributed by atoms with van der Waals surface area (Å²) in [5.74, 6) is -0.888. The van der Waals surface area contributed by atoms with Gasteiger partial charge in [0.1, 0.15) is 5.70 Å². The fourth-order valence-electron chi connectivity index (χ4n) is 2.80. The van der Waals surface area contributed by atoms with E-state index >= 15 is 0 Å². The monoisotopic (exact) mass is 351 g/mol. The van der Waals surface area contributed by atoms with Gasteiger partial charge < -0.3 is 5.32 Å². The Bertz CT molecular complexity index is 961. The van der Waals surface area contributed by atoms with Crippen molar-refractivity contribution >= 4 is 28.8 Å². The topological polar surface area (TPSA) is 92.6 Å². The van der Waals surface area contributed by atoms with Gasteiger partial charge in [0.25, 0.3) is 17.5 Å². The van der Waals surface area contributed by atoms with Crippen LogP contribution in [-0.2, 0) is 9.59 Å². The predicted molar refractivity (Wildman–Crippen MR) is 97.3 cm³/mol. The third-order valence-electron chi connectivity index (χ3n) is 4.52. The van der Waals surface area contributed by atoms with E-state index in [9.17, 15) is 19.7 Å². The van der Waals surface area contributed by atoms with Crippen LogP contribution in [0.25, 0.3) is 5.57 Å².